The lowest BCUT2D eigenvalue weighted by atomic mass is 10.1. The van der Waals surface area contributed by atoms with Crippen LogP contribution in [0.4, 0.5) is 0 Å². The van der Waals surface area contributed by atoms with Gasteiger partial charge in [-0.1, -0.05) is 18.2 Å². The molecule has 0 radical (unpaired) electrons. The minimum absolute atomic E-state index is 0.0144. The van der Waals surface area contributed by atoms with Gasteiger partial charge in [-0.05, 0) is 25.1 Å². The second-order valence-corrected chi connectivity index (χ2v) is 7.18. The molecule has 0 spiro atoms. The first-order chi connectivity index (χ1) is 12.4. The number of sulfonamides is 1. The summed E-state index contributed by atoms with van der Waals surface area (Å²) in [6.45, 7) is 1.06. The molecule has 0 saturated heterocycles. The van der Waals surface area contributed by atoms with Gasteiger partial charge in [-0.3, -0.25) is 9.78 Å². The molecule has 0 aliphatic carbocycles. The van der Waals surface area contributed by atoms with Crippen LogP contribution in [0.1, 0.15) is 33.8 Å². The van der Waals surface area contributed by atoms with Crippen LogP contribution in [0.15, 0.2) is 42.6 Å². The van der Waals surface area contributed by atoms with Crippen molar-refractivity contribution in [3.8, 4) is 5.75 Å². The van der Waals surface area contributed by atoms with Crippen molar-refractivity contribution in [2.75, 3.05) is 13.2 Å². The maximum absolute atomic E-state index is 12.6. The van der Waals surface area contributed by atoms with Crippen LogP contribution in [0.5, 0.6) is 5.75 Å². The van der Waals surface area contributed by atoms with Crippen molar-refractivity contribution in [3.63, 3.8) is 0 Å². The van der Waals surface area contributed by atoms with Crippen molar-refractivity contribution in [2.45, 2.75) is 18.8 Å². The van der Waals surface area contributed by atoms with Gasteiger partial charge in [0.1, 0.15) is 11.0 Å². The summed E-state index contributed by atoms with van der Waals surface area (Å²) in [5.41, 5.74) is 0.620. The van der Waals surface area contributed by atoms with Crippen molar-refractivity contribution in [3.05, 3.63) is 59.4 Å². The molecule has 1 heterocycles. The Hall–Kier alpha value is -2.49. The largest absolute Gasteiger partial charge is 0.494 e. The van der Waals surface area contributed by atoms with Gasteiger partial charge in [-0.15, -0.1) is 0 Å². The lowest BCUT2D eigenvalue weighted by Gasteiger charge is -2.19. The number of ether oxygens (including phenoxy) is 1. The van der Waals surface area contributed by atoms with Gasteiger partial charge in [0.2, 0.25) is 10.0 Å². The molecule has 140 valence electrons. The van der Waals surface area contributed by atoms with Crippen LogP contribution >= 0.6 is 0 Å². The summed E-state index contributed by atoms with van der Waals surface area (Å²) in [5.74, 6) is -0.560. The van der Waals surface area contributed by atoms with E-state index in [9.17, 15) is 18.3 Å². The minimum Gasteiger partial charge on any atom is -0.494 e. The van der Waals surface area contributed by atoms with Gasteiger partial charge in [0, 0.05) is 11.8 Å². The maximum Gasteiger partial charge on any atom is 0.266 e. The zero-order valence-corrected chi connectivity index (χ0v) is 14.9. The first kappa shape index (κ1) is 19.8. The van der Waals surface area contributed by atoms with Crippen LogP contribution in [-0.2, 0) is 16.6 Å². The Morgan fingerprint density at radius 2 is 1.96 bits per heavy atom. The molecule has 0 aliphatic heterocycles. The van der Waals surface area contributed by atoms with Gasteiger partial charge in [0.25, 0.3) is 5.91 Å². The number of pyridine rings is 1. The van der Waals surface area contributed by atoms with Crippen LogP contribution in [-0.4, -0.2) is 42.7 Å². The highest BCUT2D eigenvalue weighted by atomic mass is 32.2. The molecule has 1 unspecified atom stereocenters. The predicted molar refractivity (Wildman–Crippen MR) is 94.0 cm³/mol. The standard InChI is InChI=1S/C17H20N2O6S/c1-2-25-15-6-4-3-5-14(15)16(11-21)26(23,24)19-17(22)12-7-8-13(10-20)18-9-12/h3-9,16,20-21H,2,10-11H2,1H3,(H,19,22). The van der Waals surface area contributed by atoms with Crippen LogP contribution < -0.4 is 9.46 Å². The molecule has 0 bridgehead atoms. The molecule has 1 aromatic carbocycles. The molecule has 1 aromatic heterocycles. The van der Waals surface area contributed by atoms with Crippen LogP contribution in [0, 0.1) is 0 Å². The Morgan fingerprint density at radius 3 is 2.54 bits per heavy atom. The number of carbonyl (C=O) groups is 1. The smallest absolute Gasteiger partial charge is 0.266 e. The third kappa shape index (κ3) is 4.57. The highest BCUT2D eigenvalue weighted by Gasteiger charge is 2.31. The minimum atomic E-state index is -4.24. The quantitative estimate of drug-likeness (QED) is 0.617. The van der Waals surface area contributed by atoms with E-state index in [1.165, 1.54) is 24.4 Å². The van der Waals surface area contributed by atoms with Crippen molar-refractivity contribution in [2.24, 2.45) is 0 Å². The maximum atomic E-state index is 12.6. The molecule has 2 aromatic rings. The van der Waals surface area contributed by atoms with E-state index in [2.05, 4.69) is 4.98 Å². The van der Waals surface area contributed by atoms with E-state index >= 15 is 0 Å². The third-order valence-electron chi connectivity index (χ3n) is 3.59. The van der Waals surface area contributed by atoms with Crippen LogP contribution in [0.3, 0.4) is 0 Å². The van der Waals surface area contributed by atoms with E-state index in [0.29, 0.717) is 18.1 Å². The number of aliphatic hydroxyl groups excluding tert-OH is 2. The zero-order chi connectivity index (χ0) is 19.2. The summed E-state index contributed by atoms with van der Waals surface area (Å²) in [4.78, 5) is 16.1. The molecule has 9 heteroatoms. The van der Waals surface area contributed by atoms with E-state index in [1.807, 2.05) is 4.72 Å². The second-order valence-electron chi connectivity index (χ2n) is 5.31. The molecule has 2 rings (SSSR count). The van der Waals surface area contributed by atoms with Crippen LogP contribution in [0.2, 0.25) is 0 Å². The topological polar surface area (TPSA) is 126 Å². The highest BCUT2D eigenvalue weighted by Crippen LogP contribution is 2.30. The van der Waals surface area contributed by atoms with E-state index < -0.39 is 27.8 Å². The summed E-state index contributed by atoms with van der Waals surface area (Å²) >= 11 is 0. The monoisotopic (exact) mass is 380 g/mol. The Bertz CT molecular complexity index is 852. The van der Waals surface area contributed by atoms with Gasteiger partial charge < -0.3 is 14.9 Å². The summed E-state index contributed by atoms with van der Waals surface area (Å²) in [7, 11) is -4.24. The highest BCUT2D eigenvalue weighted by molar-refractivity contribution is 7.90. The average Bonchev–Trinajstić information content (AvgIpc) is 2.63. The van der Waals surface area contributed by atoms with Crippen molar-refractivity contribution < 1.29 is 28.2 Å². The SMILES string of the molecule is CCOc1ccccc1C(CO)S(=O)(=O)NC(=O)c1ccc(CO)nc1. The fourth-order valence-electron chi connectivity index (χ4n) is 2.31. The third-order valence-corrected chi connectivity index (χ3v) is 5.21. The number of aliphatic hydroxyl groups is 2. The lowest BCUT2D eigenvalue weighted by molar-refractivity contribution is 0.0980. The van der Waals surface area contributed by atoms with E-state index in [1.54, 1.807) is 25.1 Å². The van der Waals surface area contributed by atoms with Gasteiger partial charge in [-0.2, -0.15) is 0 Å². The Balaban J connectivity index is 2.27. The first-order valence-corrected chi connectivity index (χ1v) is 9.41. The second kappa shape index (κ2) is 8.75. The number of carbonyl (C=O) groups excluding carboxylic acids is 1. The fraction of sp³-hybridized carbons (Fsp3) is 0.294. The Labute approximate surface area is 151 Å². The van der Waals surface area contributed by atoms with Gasteiger partial charge in [0.05, 0.1) is 31.1 Å². The van der Waals surface area contributed by atoms with Gasteiger partial charge in [-0.25, -0.2) is 13.1 Å². The average molecular weight is 380 g/mol. The van der Waals surface area contributed by atoms with Crippen molar-refractivity contribution >= 4 is 15.9 Å². The van der Waals surface area contributed by atoms with Gasteiger partial charge in [0.15, 0.2) is 0 Å². The fourth-order valence-corrected chi connectivity index (χ4v) is 3.55. The molecule has 1 atom stereocenters. The lowest BCUT2D eigenvalue weighted by Crippen LogP contribution is -2.36. The van der Waals surface area contributed by atoms with Crippen LogP contribution in [0.25, 0.3) is 0 Å². The summed E-state index contributed by atoms with van der Waals surface area (Å²) in [6.07, 6.45) is 1.17. The molecule has 0 fully saturated rings. The van der Waals surface area contributed by atoms with Crippen molar-refractivity contribution in [1.82, 2.24) is 9.71 Å². The number of benzene rings is 1. The number of aromatic nitrogens is 1. The molecule has 8 nitrogen and oxygen atoms in total. The van der Waals surface area contributed by atoms with Crippen molar-refractivity contribution in [1.29, 1.82) is 0 Å². The number of amides is 1. The summed E-state index contributed by atoms with van der Waals surface area (Å²) in [5, 5.41) is 17.2. The molecule has 26 heavy (non-hydrogen) atoms. The zero-order valence-electron chi connectivity index (χ0n) is 14.1. The molecule has 1 amide bonds. The predicted octanol–water partition coefficient (Wildman–Crippen LogP) is 0.766. The molecule has 3 N–H and O–H groups in total. The number of hydrogen-bond acceptors (Lipinski definition) is 7. The first-order valence-electron chi connectivity index (χ1n) is 7.87. The number of rotatable bonds is 8. The number of nitrogens with one attached hydrogen (secondary N) is 1. The Morgan fingerprint density at radius 1 is 1.23 bits per heavy atom. The molecule has 0 saturated carbocycles. The molecular formula is C17H20N2O6S. The van der Waals surface area contributed by atoms with E-state index in [0.717, 1.165) is 0 Å². The number of para-hydroxylation sites is 1. The van der Waals surface area contributed by atoms with Gasteiger partial charge >= 0.3 is 0 Å². The normalized spacial score (nSPS) is 12.4. The Kier molecular flexibility index (Phi) is 6.67. The van der Waals surface area contributed by atoms with E-state index in [4.69, 9.17) is 9.84 Å². The molecule has 0 aliphatic rings. The van der Waals surface area contributed by atoms with E-state index in [-0.39, 0.29) is 17.7 Å². The summed E-state index contributed by atoms with van der Waals surface area (Å²) < 4.78 is 32.6. The molecular weight excluding hydrogens is 360 g/mol. The number of nitrogens with zero attached hydrogens (tertiary/aromatic N) is 1. The summed E-state index contributed by atoms with van der Waals surface area (Å²) in [6, 6.07) is 9.18. The number of hydrogen-bond donors (Lipinski definition) is 3.